The molecule has 4 nitrogen and oxygen atoms in total. The lowest BCUT2D eigenvalue weighted by atomic mass is 10.1. The molecule has 25 heavy (non-hydrogen) atoms. The molecule has 0 amide bonds. The molecule has 0 spiro atoms. The van der Waals surface area contributed by atoms with E-state index in [2.05, 4.69) is 13.8 Å². The van der Waals surface area contributed by atoms with Gasteiger partial charge in [0.2, 0.25) is 0 Å². The summed E-state index contributed by atoms with van der Waals surface area (Å²) < 4.78 is 36.9. The molecule has 1 atom stereocenters. The van der Waals surface area contributed by atoms with Crippen molar-refractivity contribution in [1.82, 2.24) is 0 Å². The van der Waals surface area contributed by atoms with E-state index in [0.29, 0.717) is 13.0 Å². The fourth-order valence-electron chi connectivity index (χ4n) is 3.05. The molecule has 0 radical (unpaired) electrons. The Labute approximate surface area is 156 Å². The third kappa shape index (κ3) is 20.0. The van der Waals surface area contributed by atoms with Gasteiger partial charge in [0.25, 0.3) is 10.1 Å². The highest BCUT2D eigenvalue weighted by Crippen LogP contribution is 2.15. The molecule has 0 aromatic heterocycles. The third-order valence-electron chi connectivity index (χ3n) is 4.68. The molecule has 1 unspecified atom stereocenters. The highest BCUT2D eigenvalue weighted by molar-refractivity contribution is 7.85. The lowest BCUT2D eigenvalue weighted by Gasteiger charge is -2.17. The molecule has 0 bridgehead atoms. The summed E-state index contributed by atoms with van der Waals surface area (Å²) >= 11 is 0. The van der Waals surface area contributed by atoms with E-state index in [9.17, 15) is 8.42 Å². The van der Waals surface area contributed by atoms with Crippen molar-refractivity contribution in [3.8, 4) is 0 Å². The molecular weight excluding hydrogens is 336 g/mol. The molecule has 0 aromatic rings. The molecule has 0 saturated carbocycles. The first-order valence-electron chi connectivity index (χ1n) is 10.6. The van der Waals surface area contributed by atoms with Crippen LogP contribution in [0.4, 0.5) is 0 Å². The van der Waals surface area contributed by atoms with Gasteiger partial charge in [-0.05, 0) is 19.3 Å². The Bertz CT molecular complexity index is 350. The summed E-state index contributed by atoms with van der Waals surface area (Å²) in [6.07, 6.45) is 17.3. The fourth-order valence-corrected chi connectivity index (χ4v) is 3.61. The first-order chi connectivity index (χ1) is 12.0. The van der Waals surface area contributed by atoms with Gasteiger partial charge in [-0.15, -0.1) is 0 Å². The van der Waals surface area contributed by atoms with Gasteiger partial charge in [0.1, 0.15) is 0 Å². The molecule has 5 heteroatoms. The van der Waals surface area contributed by atoms with Crippen LogP contribution in [0.1, 0.15) is 110 Å². The third-order valence-corrected chi connectivity index (χ3v) is 5.43. The maximum Gasteiger partial charge on any atom is 0.264 e. The second-order valence-electron chi connectivity index (χ2n) is 7.25. The van der Waals surface area contributed by atoms with Crippen LogP contribution in [0.2, 0.25) is 0 Å². The molecule has 0 fully saturated rings. The average Bonchev–Trinajstić information content (AvgIpc) is 2.56. The number of unbranched alkanes of at least 4 members (excludes halogenated alkanes) is 11. The van der Waals surface area contributed by atoms with Crippen molar-refractivity contribution in [3.63, 3.8) is 0 Å². The Morgan fingerprint density at radius 1 is 0.720 bits per heavy atom. The Hall–Kier alpha value is -0.130. The van der Waals surface area contributed by atoms with Gasteiger partial charge in [-0.2, -0.15) is 8.42 Å². The standard InChI is InChI=1S/C20H42O4S/c1-3-5-7-9-11-12-14-16-20(17-19-25(21,22)23)24-18-15-13-10-8-6-4-2/h20H,3-19H2,1-2H3,(H,21,22,23). The van der Waals surface area contributed by atoms with Gasteiger partial charge < -0.3 is 4.74 Å². The maximum atomic E-state index is 11.0. The van der Waals surface area contributed by atoms with Crippen molar-refractivity contribution >= 4 is 10.1 Å². The second kappa shape index (κ2) is 17.3. The predicted molar refractivity (Wildman–Crippen MR) is 107 cm³/mol. The Morgan fingerprint density at radius 2 is 1.20 bits per heavy atom. The average molecular weight is 379 g/mol. The molecule has 0 aliphatic rings. The summed E-state index contributed by atoms with van der Waals surface area (Å²) in [6.45, 7) is 5.15. The van der Waals surface area contributed by atoms with E-state index < -0.39 is 10.1 Å². The van der Waals surface area contributed by atoms with Gasteiger partial charge in [0.15, 0.2) is 0 Å². The van der Waals surface area contributed by atoms with Gasteiger partial charge in [-0.25, -0.2) is 0 Å². The summed E-state index contributed by atoms with van der Waals surface area (Å²) in [7, 11) is -3.89. The molecule has 0 heterocycles. The highest BCUT2D eigenvalue weighted by Gasteiger charge is 2.14. The molecule has 0 aromatic carbocycles. The molecule has 0 rings (SSSR count). The van der Waals surface area contributed by atoms with Crippen molar-refractivity contribution in [3.05, 3.63) is 0 Å². The van der Waals surface area contributed by atoms with Crippen LogP contribution in [0, 0.1) is 0 Å². The first kappa shape index (κ1) is 24.9. The van der Waals surface area contributed by atoms with Crippen molar-refractivity contribution in [2.45, 2.75) is 116 Å². The number of ether oxygens (including phenoxy) is 1. The van der Waals surface area contributed by atoms with Crippen LogP contribution < -0.4 is 0 Å². The van der Waals surface area contributed by atoms with Crippen LogP contribution in [0.15, 0.2) is 0 Å². The van der Waals surface area contributed by atoms with Crippen molar-refractivity contribution in [2.24, 2.45) is 0 Å². The van der Waals surface area contributed by atoms with Crippen LogP contribution in [-0.2, 0) is 14.9 Å². The largest absolute Gasteiger partial charge is 0.378 e. The van der Waals surface area contributed by atoms with Crippen LogP contribution >= 0.6 is 0 Å². The summed E-state index contributed by atoms with van der Waals surface area (Å²) in [5.41, 5.74) is 0. The van der Waals surface area contributed by atoms with E-state index in [1.165, 1.54) is 70.6 Å². The fraction of sp³-hybridized carbons (Fsp3) is 1.00. The Morgan fingerprint density at radius 3 is 1.72 bits per heavy atom. The SMILES string of the molecule is CCCCCCCCCC(CCS(=O)(=O)O)OCCCCCCCC. The molecular formula is C20H42O4S. The van der Waals surface area contributed by atoms with E-state index in [4.69, 9.17) is 9.29 Å². The lowest BCUT2D eigenvalue weighted by Crippen LogP contribution is -2.19. The molecule has 0 saturated heterocycles. The van der Waals surface area contributed by atoms with Gasteiger partial charge >= 0.3 is 0 Å². The van der Waals surface area contributed by atoms with Crippen LogP contribution in [0.3, 0.4) is 0 Å². The molecule has 0 aliphatic heterocycles. The van der Waals surface area contributed by atoms with E-state index in [1.54, 1.807) is 0 Å². The monoisotopic (exact) mass is 378 g/mol. The minimum Gasteiger partial charge on any atom is -0.378 e. The highest BCUT2D eigenvalue weighted by atomic mass is 32.2. The summed E-state index contributed by atoms with van der Waals surface area (Å²) in [5, 5.41) is 0. The van der Waals surface area contributed by atoms with E-state index >= 15 is 0 Å². The maximum absolute atomic E-state index is 11.0. The van der Waals surface area contributed by atoms with Crippen LogP contribution in [0.25, 0.3) is 0 Å². The number of hydrogen-bond acceptors (Lipinski definition) is 3. The molecule has 0 aliphatic carbocycles. The van der Waals surface area contributed by atoms with Crippen LogP contribution in [-0.4, -0.2) is 31.4 Å². The zero-order chi connectivity index (χ0) is 18.8. The Kier molecular flexibility index (Phi) is 17.2. The topological polar surface area (TPSA) is 63.6 Å². The Balaban J connectivity index is 3.86. The predicted octanol–water partition coefficient (Wildman–Crippen LogP) is 6.15. The normalized spacial score (nSPS) is 13.2. The van der Waals surface area contributed by atoms with Crippen molar-refractivity contribution in [2.75, 3.05) is 12.4 Å². The van der Waals surface area contributed by atoms with E-state index in [-0.39, 0.29) is 11.9 Å². The summed E-state index contributed by atoms with van der Waals surface area (Å²) in [6, 6.07) is 0. The van der Waals surface area contributed by atoms with Crippen LogP contribution in [0.5, 0.6) is 0 Å². The second-order valence-corrected chi connectivity index (χ2v) is 8.82. The minimum absolute atomic E-state index is 0.0341. The zero-order valence-electron chi connectivity index (χ0n) is 16.7. The van der Waals surface area contributed by atoms with Gasteiger partial charge in [-0.3, -0.25) is 4.55 Å². The van der Waals surface area contributed by atoms with Gasteiger partial charge in [0.05, 0.1) is 11.9 Å². The summed E-state index contributed by atoms with van der Waals surface area (Å²) in [5.74, 6) is -0.190. The van der Waals surface area contributed by atoms with E-state index in [0.717, 1.165) is 19.3 Å². The lowest BCUT2D eigenvalue weighted by molar-refractivity contribution is 0.0409. The minimum atomic E-state index is -3.89. The number of hydrogen-bond donors (Lipinski definition) is 1. The van der Waals surface area contributed by atoms with Crippen molar-refractivity contribution < 1.29 is 17.7 Å². The van der Waals surface area contributed by atoms with E-state index in [1.807, 2.05) is 0 Å². The number of rotatable bonds is 19. The van der Waals surface area contributed by atoms with Gasteiger partial charge in [0, 0.05) is 6.61 Å². The quantitative estimate of drug-likeness (QED) is 0.216. The van der Waals surface area contributed by atoms with Crippen molar-refractivity contribution in [1.29, 1.82) is 0 Å². The zero-order valence-corrected chi connectivity index (χ0v) is 17.5. The molecule has 152 valence electrons. The smallest absolute Gasteiger partial charge is 0.264 e. The van der Waals surface area contributed by atoms with Gasteiger partial charge in [-0.1, -0.05) is 90.9 Å². The molecule has 1 N–H and O–H groups in total. The first-order valence-corrected chi connectivity index (χ1v) is 12.2. The summed E-state index contributed by atoms with van der Waals surface area (Å²) in [4.78, 5) is 0.